The zero-order chi connectivity index (χ0) is 13.6. The van der Waals surface area contributed by atoms with Crippen LogP contribution >= 0.6 is 0 Å². The summed E-state index contributed by atoms with van der Waals surface area (Å²) in [4.78, 5) is 14.5. The number of aromatic amines is 1. The minimum atomic E-state index is -0.700. The molecule has 0 fully saturated rings. The molecule has 1 aromatic carbocycles. The van der Waals surface area contributed by atoms with Crippen LogP contribution in [0.25, 0.3) is 22.6 Å². The van der Waals surface area contributed by atoms with Crippen LogP contribution in [0.3, 0.4) is 0 Å². The SMILES string of the molecule is Cc1ccc(F)c(-c2nc3ncnc(N)c3[nH]2)c1F. The molecule has 96 valence electrons. The molecule has 0 aliphatic rings. The summed E-state index contributed by atoms with van der Waals surface area (Å²) >= 11 is 0. The minimum absolute atomic E-state index is 0.0425. The van der Waals surface area contributed by atoms with Crippen molar-refractivity contribution in [2.24, 2.45) is 0 Å². The number of imidazole rings is 1. The van der Waals surface area contributed by atoms with Gasteiger partial charge in [0.05, 0.1) is 5.56 Å². The first-order chi connectivity index (χ1) is 9.08. The fourth-order valence-corrected chi connectivity index (χ4v) is 1.84. The quantitative estimate of drug-likeness (QED) is 0.703. The van der Waals surface area contributed by atoms with Crippen molar-refractivity contribution in [1.29, 1.82) is 0 Å². The van der Waals surface area contributed by atoms with E-state index in [9.17, 15) is 8.78 Å². The Labute approximate surface area is 106 Å². The Morgan fingerprint density at radius 1 is 1.21 bits per heavy atom. The van der Waals surface area contributed by atoms with Crippen LogP contribution in [0.4, 0.5) is 14.6 Å². The molecule has 0 spiro atoms. The molecule has 0 aliphatic carbocycles. The molecule has 7 heteroatoms. The predicted molar refractivity (Wildman–Crippen MR) is 66.2 cm³/mol. The first-order valence-corrected chi connectivity index (χ1v) is 5.49. The van der Waals surface area contributed by atoms with Crippen LogP contribution in [0.5, 0.6) is 0 Å². The van der Waals surface area contributed by atoms with Gasteiger partial charge in [-0.3, -0.25) is 0 Å². The summed E-state index contributed by atoms with van der Waals surface area (Å²) in [6.45, 7) is 1.55. The summed E-state index contributed by atoms with van der Waals surface area (Å²) in [5.41, 5.74) is 6.37. The van der Waals surface area contributed by atoms with Gasteiger partial charge in [0.2, 0.25) is 0 Å². The van der Waals surface area contributed by atoms with E-state index >= 15 is 0 Å². The normalized spacial score (nSPS) is 11.1. The molecule has 0 bridgehead atoms. The highest BCUT2D eigenvalue weighted by Gasteiger charge is 2.18. The van der Waals surface area contributed by atoms with E-state index in [2.05, 4.69) is 19.9 Å². The number of nitrogens with two attached hydrogens (primary N) is 1. The van der Waals surface area contributed by atoms with Crippen molar-refractivity contribution >= 4 is 17.0 Å². The van der Waals surface area contributed by atoms with Crippen LogP contribution in [-0.4, -0.2) is 19.9 Å². The lowest BCUT2D eigenvalue weighted by Crippen LogP contribution is -1.95. The average Bonchev–Trinajstić information content (AvgIpc) is 2.80. The lowest BCUT2D eigenvalue weighted by atomic mass is 10.1. The van der Waals surface area contributed by atoms with Crippen LogP contribution in [0.1, 0.15) is 5.56 Å². The predicted octanol–water partition coefficient (Wildman–Crippen LogP) is 2.19. The van der Waals surface area contributed by atoms with Crippen LogP contribution in [0.2, 0.25) is 0 Å². The van der Waals surface area contributed by atoms with E-state index in [1.165, 1.54) is 18.5 Å². The van der Waals surface area contributed by atoms with E-state index in [0.29, 0.717) is 11.1 Å². The number of H-pyrrole nitrogens is 1. The molecule has 0 saturated heterocycles. The second kappa shape index (κ2) is 3.98. The molecule has 0 atom stereocenters. The Morgan fingerprint density at radius 3 is 2.74 bits per heavy atom. The first-order valence-electron chi connectivity index (χ1n) is 5.49. The highest BCUT2D eigenvalue weighted by atomic mass is 19.1. The van der Waals surface area contributed by atoms with Gasteiger partial charge >= 0.3 is 0 Å². The molecule has 19 heavy (non-hydrogen) atoms. The zero-order valence-electron chi connectivity index (χ0n) is 9.91. The second-order valence-corrected chi connectivity index (χ2v) is 4.10. The van der Waals surface area contributed by atoms with Crippen LogP contribution < -0.4 is 5.73 Å². The number of nitrogens with one attached hydrogen (secondary N) is 1. The number of benzene rings is 1. The maximum atomic E-state index is 14.0. The number of hydrogen-bond donors (Lipinski definition) is 2. The highest BCUT2D eigenvalue weighted by Crippen LogP contribution is 2.27. The molecular weight excluding hydrogens is 252 g/mol. The van der Waals surface area contributed by atoms with Gasteiger partial charge < -0.3 is 10.7 Å². The molecular formula is C12H9F2N5. The largest absolute Gasteiger partial charge is 0.382 e. The number of aryl methyl sites for hydroxylation is 1. The second-order valence-electron chi connectivity index (χ2n) is 4.10. The number of hydrogen-bond acceptors (Lipinski definition) is 4. The van der Waals surface area contributed by atoms with E-state index in [1.807, 2.05) is 0 Å². The standard InChI is InChI=1S/C12H9F2N5/c1-5-2-3-6(13)7(8(5)14)11-18-9-10(15)16-4-17-12(9)19-11/h2-4H,1H3,(H3,15,16,17,18,19). The van der Waals surface area contributed by atoms with Gasteiger partial charge in [-0.1, -0.05) is 6.07 Å². The lowest BCUT2D eigenvalue weighted by Gasteiger charge is -2.03. The van der Waals surface area contributed by atoms with Crippen LogP contribution in [0.15, 0.2) is 18.5 Å². The van der Waals surface area contributed by atoms with Gasteiger partial charge in [-0.15, -0.1) is 0 Å². The monoisotopic (exact) mass is 261 g/mol. The molecule has 3 N–H and O–H groups in total. The highest BCUT2D eigenvalue weighted by molar-refractivity contribution is 5.84. The summed E-state index contributed by atoms with van der Waals surface area (Å²) in [6, 6.07) is 2.56. The van der Waals surface area contributed by atoms with Crippen molar-refractivity contribution in [2.45, 2.75) is 6.92 Å². The first kappa shape index (κ1) is 11.5. The molecule has 0 saturated carbocycles. The Kier molecular flexibility index (Phi) is 2.41. The van der Waals surface area contributed by atoms with E-state index in [4.69, 9.17) is 5.73 Å². The van der Waals surface area contributed by atoms with Crippen LogP contribution in [0, 0.1) is 18.6 Å². The molecule has 0 unspecified atom stereocenters. The van der Waals surface area contributed by atoms with Gasteiger partial charge in [0, 0.05) is 0 Å². The van der Waals surface area contributed by atoms with Gasteiger partial charge in [-0.2, -0.15) is 0 Å². The topological polar surface area (TPSA) is 80.5 Å². The fourth-order valence-electron chi connectivity index (χ4n) is 1.84. The number of nitrogen functional groups attached to an aromatic ring is 1. The molecule has 2 heterocycles. The van der Waals surface area contributed by atoms with E-state index in [-0.39, 0.29) is 22.9 Å². The third kappa shape index (κ3) is 1.70. The van der Waals surface area contributed by atoms with Crippen molar-refractivity contribution in [3.8, 4) is 11.4 Å². The average molecular weight is 261 g/mol. The minimum Gasteiger partial charge on any atom is -0.382 e. The van der Waals surface area contributed by atoms with Crippen LogP contribution in [-0.2, 0) is 0 Å². The van der Waals surface area contributed by atoms with Gasteiger partial charge in [0.25, 0.3) is 0 Å². The molecule has 0 aliphatic heterocycles. The summed E-state index contributed by atoms with van der Waals surface area (Å²) in [5, 5.41) is 0. The van der Waals surface area contributed by atoms with Gasteiger partial charge in [0.1, 0.15) is 29.3 Å². The number of nitrogens with zero attached hydrogens (tertiary/aromatic N) is 3. The number of anilines is 1. The fraction of sp³-hybridized carbons (Fsp3) is 0.0833. The smallest absolute Gasteiger partial charge is 0.183 e. The van der Waals surface area contributed by atoms with Crippen molar-refractivity contribution < 1.29 is 8.78 Å². The van der Waals surface area contributed by atoms with Crippen molar-refractivity contribution in [2.75, 3.05) is 5.73 Å². The summed E-state index contributed by atoms with van der Waals surface area (Å²) in [5.74, 6) is -1.14. The number of rotatable bonds is 1. The Balaban J connectivity index is 2.31. The van der Waals surface area contributed by atoms with Gasteiger partial charge in [-0.05, 0) is 18.6 Å². The molecule has 5 nitrogen and oxygen atoms in total. The molecule has 0 amide bonds. The van der Waals surface area contributed by atoms with E-state index in [0.717, 1.165) is 0 Å². The van der Waals surface area contributed by atoms with Crippen molar-refractivity contribution in [1.82, 2.24) is 19.9 Å². The number of aromatic nitrogens is 4. The Hall–Kier alpha value is -2.57. The molecule has 2 aromatic heterocycles. The Bertz CT molecular complexity index is 781. The molecule has 3 rings (SSSR count). The summed E-state index contributed by atoms with van der Waals surface area (Å²) < 4.78 is 27.8. The van der Waals surface area contributed by atoms with Gasteiger partial charge in [-0.25, -0.2) is 23.7 Å². The zero-order valence-corrected chi connectivity index (χ0v) is 9.91. The third-order valence-electron chi connectivity index (χ3n) is 2.84. The Morgan fingerprint density at radius 2 is 2.00 bits per heavy atom. The van der Waals surface area contributed by atoms with E-state index in [1.54, 1.807) is 6.92 Å². The molecule has 3 aromatic rings. The number of fused-ring (bicyclic) bond motifs is 1. The van der Waals surface area contributed by atoms with Crippen molar-refractivity contribution in [3.63, 3.8) is 0 Å². The van der Waals surface area contributed by atoms with Crippen molar-refractivity contribution in [3.05, 3.63) is 35.7 Å². The number of halogens is 2. The maximum absolute atomic E-state index is 14.0. The summed E-state index contributed by atoms with van der Waals surface area (Å²) in [6.07, 6.45) is 1.24. The van der Waals surface area contributed by atoms with E-state index < -0.39 is 11.6 Å². The summed E-state index contributed by atoms with van der Waals surface area (Å²) in [7, 11) is 0. The maximum Gasteiger partial charge on any atom is 0.183 e. The third-order valence-corrected chi connectivity index (χ3v) is 2.84. The lowest BCUT2D eigenvalue weighted by molar-refractivity contribution is 0.582. The van der Waals surface area contributed by atoms with Gasteiger partial charge in [0.15, 0.2) is 11.5 Å². The molecule has 0 radical (unpaired) electrons.